The number of nitriles is 1. The topological polar surface area (TPSA) is 74.6 Å². The molecule has 0 bridgehead atoms. The van der Waals surface area contributed by atoms with Crippen LogP contribution in [-0.4, -0.2) is 56.8 Å². The Morgan fingerprint density at radius 2 is 2.20 bits per heavy atom. The van der Waals surface area contributed by atoms with Crippen molar-refractivity contribution in [3.63, 3.8) is 0 Å². The monoisotopic (exact) mass is 345 g/mol. The Hall–Kier alpha value is -2.10. The lowest BCUT2D eigenvalue weighted by Gasteiger charge is -2.31. The van der Waals surface area contributed by atoms with Gasteiger partial charge in [-0.15, -0.1) is 0 Å². The molecule has 1 aromatic carbocycles. The standard InChI is InChI=1S/C19H27N3O3/c1-15(25-18-5-3-4-17(12-18)13-20)19(23)21-14-16-6-8-22(9-7-16)10-11-24-2/h3-5,12,15-16H,6-11,14H2,1-2H3,(H,21,23)/t15-/m1/s1. The molecule has 1 N–H and O–H groups in total. The number of nitrogens with one attached hydrogen (secondary N) is 1. The second-order valence-corrected chi connectivity index (χ2v) is 6.42. The summed E-state index contributed by atoms with van der Waals surface area (Å²) in [5.74, 6) is 0.925. The molecular weight excluding hydrogens is 318 g/mol. The first kappa shape index (κ1) is 19.2. The molecule has 1 fully saturated rings. The number of carbonyl (C=O) groups is 1. The summed E-state index contributed by atoms with van der Waals surface area (Å²) in [5.41, 5.74) is 0.519. The minimum atomic E-state index is -0.587. The average Bonchev–Trinajstić information content (AvgIpc) is 2.65. The van der Waals surface area contributed by atoms with Crippen LogP contribution in [0.1, 0.15) is 25.3 Å². The highest BCUT2D eigenvalue weighted by Gasteiger charge is 2.21. The van der Waals surface area contributed by atoms with Gasteiger partial charge < -0.3 is 19.7 Å². The zero-order chi connectivity index (χ0) is 18.1. The molecule has 136 valence electrons. The van der Waals surface area contributed by atoms with Gasteiger partial charge in [0.05, 0.1) is 18.2 Å². The second kappa shape index (κ2) is 10.0. The third-order valence-corrected chi connectivity index (χ3v) is 4.53. The number of rotatable bonds is 8. The summed E-state index contributed by atoms with van der Waals surface area (Å²) in [6.07, 6.45) is 1.59. The minimum Gasteiger partial charge on any atom is -0.481 e. The summed E-state index contributed by atoms with van der Waals surface area (Å²) < 4.78 is 10.7. The number of benzene rings is 1. The maximum absolute atomic E-state index is 12.2. The van der Waals surface area contributed by atoms with E-state index in [2.05, 4.69) is 16.3 Å². The van der Waals surface area contributed by atoms with Gasteiger partial charge in [0.1, 0.15) is 5.75 Å². The van der Waals surface area contributed by atoms with E-state index in [1.807, 2.05) is 0 Å². The third kappa shape index (κ3) is 6.37. The number of carbonyl (C=O) groups excluding carboxylic acids is 1. The first-order valence-electron chi connectivity index (χ1n) is 8.78. The van der Waals surface area contributed by atoms with E-state index in [1.54, 1.807) is 38.3 Å². The fraction of sp³-hybridized carbons (Fsp3) is 0.579. The molecule has 1 heterocycles. The van der Waals surface area contributed by atoms with E-state index < -0.39 is 6.10 Å². The van der Waals surface area contributed by atoms with Gasteiger partial charge in [-0.3, -0.25) is 4.79 Å². The Morgan fingerprint density at radius 1 is 1.44 bits per heavy atom. The van der Waals surface area contributed by atoms with Crippen molar-refractivity contribution in [1.82, 2.24) is 10.2 Å². The van der Waals surface area contributed by atoms with Crippen LogP contribution >= 0.6 is 0 Å². The van der Waals surface area contributed by atoms with E-state index in [9.17, 15) is 4.79 Å². The molecule has 25 heavy (non-hydrogen) atoms. The Labute approximate surface area is 149 Å². The molecule has 0 aliphatic carbocycles. The van der Waals surface area contributed by atoms with Gasteiger partial charge >= 0.3 is 0 Å². The zero-order valence-electron chi connectivity index (χ0n) is 15.0. The van der Waals surface area contributed by atoms with Gasteiger partial charge in [0.15, 0.2) is 6.10 Å². The predicted molar refractivity (Wildman–Crippen MR) is 95.3 cm³/mol. The normalized spacial score (nSPS) is 16.8. The quantitative estimate of drug-likeness (QED) is 0.778. The van der Waals surface area contributed by atoms with E-state index >= 15 is 0 Å². The molecule has 0 radical (unpaired) electrons. The number of hydrogen-bond acceptors (Lipinski definition) is 5. The fourth-order valence-electron chi connectivity index (χ4n) is 2.92. The molecule has 0 aromatic heterocycles. The van der Waals surface area contributed by atoms with Crippen molar-refractivity contribution < 1.29 is 14.3 Å². The van der Waals surface area contributed by atoms with Gasteiger partial charge in [-0.1, -0.05) is 6.07 Å². The van der Waals surface area contributed by atoms with Crippen molar-refractivity contribution in [3.05, 3.63) is 29.8 Å². The fourth-order valence-corrected chi connectivity index (χ4v) is 2.92. The lowest BCUT2D eigenvalue weighted by molar-refractivity contribution is -0.127. The third-order valence-electron chi connectivity index (χ3n) is 4.53. The Morgan fingerprint density at radius 3 is 2.88 bits per heavy atom. The van der Waals surface area contributed by atoms with E-state index in [0.717, 1.165) is 39.1 Å². The maximum Gasteiger partial charge on any atom is 0.260 e. The van der Waals surface area contributed by atoms with Crippen molar-refractivity contribution in [2.24, 2.45) is 5.92 Å². The summed E-state index contributed by atoms with van der Waals surface area (Å²) in [6, 6.07) is 8.90. The van der Waals surface area contributed by atoms with Crippen LogP contribution in [0.25, 0.3) is 0 Å². The zero-order valence-corrected chi connectivity index (χ0v) is 15.0. The van der Waals surface area contributed by atoms with Gasteiger partial charge in [0.2, 0.25) is 0 Å². The predicted octanol–water partition coefficient (Wildman–Crippen LogP) is 1.80. The Balaban J connectivity index is 1.70. The smallest absolute Gasteiger partial charge is 0.260 e. The number of nitrogens with zero attached hydrogens (tertiary/aromatic N) is 2. The maximum atomic E-state index is 12.2. The summed E-state index contributed by atoms with van der Waals surface area (Å²) in [7, 11) is 1.72. The first-order valence-corrected chi connectivity index (χ1v) is 8.78. The molecule has 0 unspecified atom stereocenters. The van der Waals surface area contributed by atoms with Crippen LogP contribution in [0.5, 0.6) is 5.75 Å². The van der Waals surface area contributed by atoms with Crippen LogP contribution in [0.15, 0.2) is 24.3 Å². The number of methoxy groups -OCH3 is 1. The molecule has 6 nitrogen and oxygen atoms in total. The SMILES string of the molecule is COCCN1CCC(CNC(=O)[C@@H](C)Oc2cccc(C#N)c2)CC1. The van der Waals surface area contributed by atoms with Gasteiger partial charge in [-0.05, 0) is 57.0 Å². The molecule has 0 spiro atoms. The first-order chi connectivity index (χ1) is 12.1. The number of hydrogen-bond donors (Lipinski definition) is 1. The summed E-state index contributed by atoms with van der Waals surface area (Å²) in [6.45, 7) is 6.25. The van der Waals surface area contributed by atoms with Crippen LogP contribution in [-0.2, 0) is 9.53 Å². The number of likely N-dealkylation sites (tertiary alicyclic amines) is 1. The minimum absolute atomic E-state index is 0.121. The molecule has 2 rings (SSSR count). The Kier molecular flexibility index (Phi) is 7.71. The van der Waals surface area contributed by atoms with Crippen LogP contribution in [0.2, 0.25) is 0 Å². The van der Waals surface area contributed by atoms with Crippen molar-refractivity contribution >= 4 is 5.91 Å². The van der Waals surface area contributed by atoms with Crippen LogP contribution in [0.4, 0.5) is 0 Å². The van der Waals surface area contributed by atoms with E-state index in [4.69, 9.17) is 14.7 Å². The molecule has 1 aliphatic rings. The van der Waals surface area contributed by atoms with Crippen molar-refractivity contribution in [2.45, 2.75) is 25.9 Å². The summed E-state index contributed by atoms with van der Waals surface area (Å²) >= 11 is 0. The highest BCUT2D eigenvalue weighted by molar-refractivity contribution is 5.80. The van der Waals surface area contributed by atoms with E-state index in [0.29, 0.717) is 23.8 Å². The molecule has 6 heteroatoms. The largest absolute Gasteiger partial charge is 0.481 e. The lowest BCUT2D eigenvalue weighted by Crippen LogP contribution is -2.42. The van der Waals surface area contributed by atoms with E-state index in [1.165, 1.54) is 0 Å². The highest BCUT2D eigenvalue weighted by atomic mass is 16.5. The molecular formula is C19H27N3O3. The van der Waals surface area contributed by atoms with Crippen LogP contribution in [0, 0.1) is 17.2 Å². The highest BCUT2D eigenvalue weighted by Crippen LogP contribution is 2.17. The number of piperidine rings is 1. The van der Waals surface area contributed by atoms with Gasteiger partial charge in [0.25, 0.3) is 5.91 Å². The van der Waals surface area contributed by atoms with Gasteiger partial charge in [0, 0.05) is 20.2 Å². The Bertz CT molecular complexity index is 592. The molecule has 1 amide bonds. The molecule has 0 saturated carbocycles. The summed E-state index contributed by atoms with van der Waals surface area (Å²) in [4.78, 5) is 14.6. The second-order valence-electron chi connectivity index (χ2n) is 6.42. The average molecular weight is 345 g/mol. The summed E-state index contributed by atoms with van der Waals surface area (Å²) in [5, 5.41) is 11.9. The van der Waals surface area contributed by atoms with Crippen LogP contribution in [0.3, 0.4) is 0 Å². The van der Waals surface area contributed by atoms with Gasteiger partial charge in [-0.25, -0.2) is 0 Å². The number of amides is 1. The van der Waals surface area contributed by atoms with E-state index in [-0.39, 0.29) is 5.91 Å². The molecule has 1 aliphatic heterocycles. The van der Waals surface area contributed by atoms with Crippen molar-refractivity contribution in [2.75, 3.05) is 39.9 Å². The molecule has 1 atom stereocenters. The van der Waals surface area contributed by atoms with Crippen molar-refractivity contribution in [3.8, 4) is 11.8 Å². The molecule has 1 aromatic rings. The van der Waals surface area contributed by atoms with Crippen LogP contribution < -0.4 is 10.1 Å². The van der Waals surface area contributed by atoms with Gasteiger partial charge in [-0.2, -0.15) is 5.26 Å². The lowest BCUT2D eigenvalue weighted by atomic mass is 9.97. The molecule has 1 saturated heterocycles. The van der Waals surface area contributed by atoms with Crippen molar-refractivity contribution in [1.29, 1.82) is 5.26 Å². The number of ether oxygens (including phenoxy) is 2.